The molecule has 1 N–H and O–H groups in total. The third kappa shape index (κ3) is 5.53. The number of sulfone groups is 1. The first kappa shape index (κ1) is 15.9. The molecule has 0 saturated heterocycles. The van der Waals surface area contributed by atoms with Gasteiger partial charge in [0.1, 0.15) is 0 Å². The smallest absolute Gasteiger partial charge is 0.264 e. The SMILES string of the molecule is CO[N]c1ccc(S(=O)(=O)CCOS(=O)(=O)O)cc1. The van der Waals surface area contributed by atoms with Crippen molar-refractivity contribution in [3.05, 3.63) is 24.3 Å². The van der Waals surface area contributed by atoms with E-state index in [1.807, 2.05) is 0 Å². The van der Waals surface area contributed by atoms with Gasteiger partial charge in [-0.2, -0.15) is 8.42 Å². The molecular weight excluding hydrogens is 298 g/mol. The molecule has 0 saturated carbocycles. The molecule has 0 aliphatic heterocycles. The summed E-state index contributed by atoms with van der Waals surface area (Å²) in [6.07, 6.45) is 0. The zero-order valence-corrected chi connectivity index (χ0v) is 11.5. The van der Waals surface area contributed by atoms with E-state index in [1.54, 1.807) is 0 Å². The van der Waals surface area contributed by atoms with E-state index < -0.39 is 32.6 Å². The van der Waals surface area contributed by atoms with Crippen LogP contribution in [-0.2, 0) is 29.3 Å². The summed E-state index contributed by atoms with van der Waals surface area (Å²) in [5, 5.41) is 0. The molecule has 1 aromatic carbocycles. The number of hydrogen-bond donors (Lipinski definition) is 1. The van der Waals surface area contributed by atoms with Gasteiger partial charge < -0.3 is 0 Å². The van der Waals surface area contributed by atoms with Crippen molar-refractivity contribution in [3.63, 3.8) is 0 Å². The largest absolute Gasteiger partial charge is 0.397 e. The van der Waals surface area contributed by atoms with E-state index in [2.05, 4.69) is 14.5 Å². The minimum Gasteiger partial charge on any atom is -0.264 e. The highest BCUT2D eigenvalue weighted by molar-refractivity contribution is 7.91. The molecule has 0 bridgehead atoms. The van der Waals surface area contributed by atoms with Crippen LogP contribution in [0.1, 0.15) is 0 Å². The van der Waals surface area contributed by atoms with Crippen LogP contribution in [0.2, 0.25) is 0 Å². The van der Waals surface area contributed by atoms with Crippen LogP contribution < -0.4 is 5.48 Å². The maximum Gasteiger partial charge on any atom is 0.397 e. The summed E-state index contributed by atoms with van der Waals surface area (Å²) in [5.41, 5.74) is 4.03. The Morgan fingerprint density at radius 3 is 2.21 bits per heavy atom. The van der Waals surface area contributed by atoms with Crippen LogP contribution in [0.15, 0.2) is 29.2 Å². The van der Waals surface area contributed by atoms with E-state index in [1.165, 1.54) is 31.4 Å². The topological polar surface area (TPSA) is 121 Å². The van der Waals surface area contributed by atoms with Crippen LogP contribution in [0.5, 0.6) is 0 Å². The van der Waals surface area contributed by atoms with Crippen molar-refractivity contribution >= 4 is 25.9 Å². The highest BCUT2D eigenvalue weighted by atomic mass is 32.3. The third-order valence-electron chi connectivity index (χ3n) is 1.98. The second kappa shape index (κ2) is 6.30. The Labute approximate surface area is 111 Å². The van der Waals surface area contributed by atoms with Crippen molar-refractivity contribution in [3.8, 4) is 0 Å². The second-order valence-corrected chi connectivity index (χ2v) is 6.54. The van der Waals surface area contributed by atoms with Gasteiger partial charge in [0.05, 0.1) is 30.1 Å². The molecule has 19 heavy (non-hydrogen) atoms. The van der Waals surface area contributed by atoms with Crippen LogP contribution in [0.3, 0.4) is 0 Å². The van der Waals surface area contributed by atoms with Gasteiger partial charge in [-0.1, -0.05) is 0 Å². The second-order valence-electron chi connectivity index (χ2n) is 3.34. The average molecular weight is 310 g/mol. The van der Waals surface area contributed by atoms with E-state index in [9.17, 15) is 16.8 Å². The molecule has 1 aromatic rings. The van der Waals surface area contributed by atoms with Gasteiger partial charge in [-0.25, -0.2) is 12.6 Å². The zero-order valence-electron chi connectivity index (χ0n) is 9.88. The van der Waals surface area contributed by atoms with Crippen LogP contribution in [0, 0.1) is 0 Å². The summed E-state index contributed by atoms with van der Waals surface area (Å²) >= 11 is 0. The summed E-state index contributed by atoms with van der Waals surface area (Å²) in [6, 6.07) is 5.47. The summed E-state index contributed by atoms with van der Waals surface area (Å²) in [5.74, 6) is -0.576. The fraction of sp³-hybridized carbons (Fsp3) is 0.333. The predicted molar refractivity (Wildman–Crippen MR) is 64.8 cm³/mol. The summed E-state index contributed by atoms with van der Waals surface area (Å²) in [6.45, 7) is -0.661. The van der Waals surface area contributed by atoms with Gasteiger partial charge in [-0.3, -0.25) is 9.39 Å². The lowest BCUT2D eigenvalue weighted by atomic mass is 10.3. The number of hydrogen-bond acceptors (Lipinski definition) is 6. The molecule has 0 aliphatic rings. The Kier molecular flexibility index (Phi) is 5.26. The van der Waals surface area contributed by atoms with Crippen molar-refractivity contribution in [2.75, 3.05) is 19.5 Å². The molecule has 0 heterocycles. The molecule has 1 rings (SSSR count). The monoisotopic (exact) mass is 310 g/mol. The Morgan fingerprint density at radius 1 is 1.16 bits per heavy atom. The Balaban J connectivity index is 2.72. The first-order valence-electron chi connectivity index (χ1n) is 4.93. The van der Waals surface area contributed by atoms with Gasteiger partial charge in [0.2, 0.25) is 0 Å². The van der Waals surface area contributed by atoms with Gasteiger partial charge in [0, 0.05) is 0 Å². The fourth-order valence-electron chi connectivity index (χ4n) is 1.19. The number of nitrogens with zero attached hydrogens (tertiary/aromatic N) is 1. The first-order chi connectivity index (χ1) is 8.74. The van der Waals surface area contributed by atoms with E-state index in [0.717, 1.165) is 0 Å². The lowest BCUT2D eigenvalue weighted by Gasteiger charge is -2.05. The third-order valence-corrected chi connectivity index (χ3v) is 4.14. The fourth-order valence-corrected chi connectivity index (χ4v) is 2.68. The van der Waals surface area contributed by atoms with Crippen LogP contribution in [0.4, 0.5) is 5.69 Å². The van der Waals surface area contributed by atoms with Crippen LogP contribution in [-0.4, -0.2) is 40.9 Å². The summed E-state index contributed by atoms with van der Waals surface area (Å²) < 4.78 is 56.4. The van der Waals surface area contributed by atoms with E-state index >= 15 is 0 Å². The van der Waals surface area contributed by atoms with Crippen molar-refractivity contribution in [2.24, 2.45) is 0 Å². The van der Waals surface area contributed by atoms with Gasteiger partial charge in [0.25, 0.3) is 0 Å². The average Bonchev–Trinajstić information content (AvgIpc) is 2.28. The Bertz CT molecular complexity index is 606. The van der Waals surface area contributed by atoms with Crippen LogP contribution in [0.25, 0.3) is 0 Å². The molecule has 1 radical (unpaired) electrons. The van der Waals surface area contributed by atoms with Crippen LogP contribution >= 0.6 is 0 Å². The van der Waals surface area contributed by atoms with E-state index in [0.29, 0.717) is 5.69 Å². The molecule has 107 valence electrons. The molecule has 10 heteroatoms. The molecule has 0 atom stereocenters. The normalized spacial score (nSPS) is 12.3. The van der Waals surface area contributed by atoms with E-state index in [4.69, 9.17) is 4.55 Å². The lowest BCUT2D eigenvalue weighted by molar-refractivity contribution is 0.125. The van der Waals surface area contributed by atoms with Crippen molar-refractivity contribution in [2.45, 2.75) is 4.90 Å². The summed E-state index contributed by atoms with van der Waals surface area (Å²) in [7, 11) is -6.98. The quantitative estimate of drug-likeness (QED) is 0.559. The minimum atomic E-state index is -4.64. The van der Waals surface area contributed by atoms with Crippen molar-refractivity contribution < 1.29 is 30.4 Å². The molecule has 0 fully saturated rings. The maximum atomic E-state index is 11.8. The first-order valence-corrected chi connectivity index (χ1v) is 7.95. The van der Waals surface area contributed by atoms with Gasteiger partial charge in [0.15, 0.2) is 9.84 Å². The lowest BCUT2D eigenvalue weighted by Crippen LogP contribution is -2.15. The minimum absolute atomic E-state index is 0.0125. The maximum absolute atomic E-state index is 11.8. The van der Waals surface area contributed by atoms with E-state index in [-0.39, 0.29) is 4.90 Å². The molecular formula is C9H12NO7S2. The zero-order chi connectivity index (χ0) is 14.5. The van der Waals surface area contributed by atoms with Gasteiger partial charge in [-0.15, -0.1) is 5.48 Å². The Hall–Kier alpha value is -1.20. The molecule has 0 unspecified atom stereocenters. The highest BCUT2D eigenvalue weighted by Gasteiger charge is 2.16. The van der Waals surface area contributed by atoms with Gasteiger partial charge in [-0.05, 0) is 24.3 Å². The predicted octanol–water partition coefficient (Wildman–Crippen LogP) is 0.0770. The number of benzene rings is 1. The standard InChI is InChI=1S/C9H12NO7S2/c1-16-10-8-2-4-9(5-3-8)18(11,12)7-6-17-19(13,14)15/h2-5H,6-7H2,1H3,(H,13,14,15). The van der Waals surface area contributed by atoms with Crippen molar-refractivity contribution in [1.82, 2.24) is 5.48 Å². The Morgan fingerprint density at radius 2 is 1.74 bits per heavy atom. The number of rotatable bonds is 7. The molecule has 0 aliphatic carbocycles. The van der Waals surface area contributed by atoms with Crippen molar-refractivity contribution in [1.29, 1.82) is 0 Å². The molecule has 0 amide bonds. The molecule has 8 nitrogen and oxygen atoms in total. The molecule has 0 aromatic heterocycles. The molecule has 0 spiro atoms. The van der Waals surface area contributed by atoms with Gasteiger partial charge >= 0.3 is 10.4 Å². The highest BCUT2D eigenvalue weighted by Crippen LogP contribution is 2.15. The summed E-state index contributed by atoms with van der Waals surface area (Å²) in [4.78, 5) is 4.50.